The van der Waals surface area contributed by atoms with Crippen LogP contribution in [0.1, 0.15) is 5.82 Å². The Balaban J connectivity index is 2.11. The summed E-state index contributed by atoms with van der Waals surface area (Å²) in [4.78, 5) is 6.15. The van der Waals surface area contributed by atoms with E-state index in [0.29, 0.717) is 0 Å². The summed E-state index contributed by atoms with van der Waals surface area (Å²) in [5, 5.41) is 9.36. The van der Waals surface area contributed by atoms with Gasteiger partial charge in [-0.05, 0) is 0 Å². The van der Waals surface area contributed by atoms with Crippen molar-refractivity contribution < 1.29 is 4.74 Å². The van der Waals surface area contributed by atoms with Crippen molar-refractivity contribution in [3.05, 3.63) is 5.82 Å². The van der Waals surface area contributed by atoms with Gasteiger partial charge in [-0.2, -0.15) is 14.6 Å². The molecule has 0 unspecified atom stereocenters. The first kappa shape index (κ1) is 8.41. The summed E-state index contributed by atoms with van der Waals surface area (Å²) in [7, 11) is 0. The Morgan fingerprint density at radius 3 is 2.85 bits per heavy atom. The molecule has 0 saturated carbocycles. The number of aromatic nitrogens is 2. The largest absolute Gasteiger partial charge is 0.378 e. The van der Waals surface area contributed by atoms with Gasteiger partial charge < -0.3 is 9.64 Å². The third-order valence-electron chi connectivity index (χ3n) is 1.80. The van der Waals surface area contributed by atoms with Crippen LogP contribution in [-0.2, 0) is 4.74 Å². The average molecular weight is 196 g/mol. The van der Waals surface area contributed by atoms with Crippen LogP contribution in [-0.4, -0.2) is 35.7 Å². The van der Waals surface area contributed by atoms with E-state index in [0.717, 1.165) is 31.4 Å². The second-order valence-electron chi connectivity index (χ2n) is 2.61. The van der Waals surface area contributed by atoms with Crippen LogP contribution in [0.5, 0.6) is 0 Å². The van der Waals surface area contributed by atoms with Crippen LogP contribution in [0.4, 0.5) is 5.13 Å². The Bertz CT molecular complexity index is 325. The predicted octanol–water partition coefficient (Wildman–Crippen LogP) is 0.246. The van der Waals surface area contributed by atoms with Crippen LogP contribution < -0.4 is 4.90 Å². The number of hydrogen-bond donors (Lipinski definition) is 0. The standard InChI is InChI=1S/C7H8N4OS/c8-5-6-9-7(13-10-6)11-1-3-12-4-2-11/h1-4H2. The van der Waals surface area contributed by atoms with Crippen molar-refractivity contribution in [1.29, 1.82) is 5.26 Å². The molecular weight excluding hydrogens is 188 g/mol. The molecule has 0 radical (unpaired) electrons. The minimum Gasteiger partial charge on any atom is -0.378 e. The Morgan fingerprint density at radius 1 is 1.46 bits per heavy atom. The third kappa shape index (κ3) is 1.76. The van der Waals surface area contributed by atoms with Crippen LogP contribution >= 0.6 is 11.5 Å². The van der Waals surface area contributed by atoms with E-state index in [9.17, 15) is 0 Å². The summed E-state index contributed by atoms with van der Waals surface area (Å²) >= 11 is 1.27. The zero-order valence-corrected chi connectivity index (χ0v) is 7.75. The van der Waals surface area contributed by atoms with Crippen molar-refractivity contribution in [2.45, 2.75) is 0 Å². The van der Waals surface area contributed by atoms with Gasteiger partial charge in [-0.3, -0.25) is 0 Å². The number of ether oxygens (including phenoxy) is 1. The van der Waals surface area contributed by atoms with Gasteiger partial charge >= 0.3 is 0 Å². The Morgan fingerprint density at radius 2 is 2.23 bits per heavy atom. The van der Waals surface area contributed by atoms with Crippen LogP contribution in [0.2, 0.25) is 0 Å². The van der Waals surface area contributed by atoms with E-state index < -0.39 is 0 Å². The lowest BCUT2D eigenvalue weighted by Gasteiger charge is -2.25. The van der Waals surface area contributed by atoms with Gasteiger partial charge in [-0.25, -0.2) is 0 Å². The zero-order chi connectivity index (χ0) is 9.10. The van der Waals surface area contributed by atoms with Crippen molar-refractivity contribution in [1.82, 2.24) is 9.36 Å². The van der Waals surface area contributed by atoms with Crippen LogP contribution in [0, 0.1) is 11.3 Å². The van der Waals surface area contributed by atoms with Gasteiger partial charge in [0, 0.05) is 24.6 Å². The molecule has 1 aromatic rings. The van der Waals surface area contributed by atoms with Crippen molar-refractivity contribution in [2.75, 3.05) is 31.2 Å². The molecule has 0 aliphatic carbocycles. The van der Waals surface area contributed by atoms with E-state index >= 15 is 0 Å². The van der Waals surface area contributed by atoms with E-state index in [1.807, 2.05) is 6.07 Å². The molecule has 0 atom stereocenters. The monoisotopic (exact) mass is 196 g/mol. The minimum absolute atomic E-state index is 0.256. The molecule has 1 aromatic heterocycles. The molecule has 2 rings (SSSR count). The number of morpholine rings is 1. The van der Waals surface area contributed by atoms with Crippen LogP contribution in [0.15, 0.2) is 0 Å². The topological polar surface area (TPSA) is 62.0 Å². The molecule has 0 aromatic carbocycles. The maximum Gasteiger partial charge on any atom is 0.245 e. The fourth-order valence-electron chi connectivity index (χ4n) is 1.14. The molecule has 2 heterocycles. The summed E-state index contributed by atoms with van der Waals surface area (Å²) in [6, 6.07) is 1.92. The molecule has 1 saturated heterocycles. The first-order valence-corrected chi connectivity index (χ1v) is 4.74. The molecule has 1 fully saturated rings. The second kappa shape index (κ2) is 3.68. The van der Waals surface area contributed by atoms with Crippen molar-refractivity contribution in [2.24, 2.45) is 0 Å². The van der Waals surface area contributed by atoms with Gasteiger partial charge in [0.15, 0.2) is 0 Å². The van der Waals surface area contributed by atoms with Gasteiger partial charge in [0.2, 0.25) is 11.0 Å². The van der Waals surface area contributed by atoms with E-state index in [-0.39, 0.29) is 5.82 Å². The SMILES string of the molecule is N#Cc1nsc(N2CCOCC2)n1. The molecule has 0 bridgehead atoms. The molecule has 6 heteroatoms. The van der Waals surface area contributed by atoms with Crippen molar-refractivity contribution >= 4 is 16.7 Å². The lowest BCUT2D eigenvalue weighted by molar-refractivity contribution is 0.122. The highest BCUT2D eigenvalue weighted by molar-refractivity contribution is 7.09. The van der Waals surface area contributed by atoms with Crippen LogP contribution in [0.3, 0.4) is 0 Å². The molecule has 0 N–H and O–H groups in total. The molecule has 1 aliphatic heterocycles. The van der Waals surface area contributed by atoms with Crippen molar-refractivity contribution in [3.63, 3.8) is 0 Å². The van der Waals surface area contributed by atoms with Gasteiger partial charge in [-0.15, -0.1) is 0 Å². The quantitative estimate of drug-likeness (QED) is 0.644. The minimum atomic E-state index is 0.256. The fraction of sp³-hybridized carbons (Fsp3) is 0.571. The van der Waals surface area contributed by atoms with Gasteiger partial charge in [0.1, 0.15) is 6.07 Å². The predicted molar refractivity (Wildman–Crippen MR) is 47.7 cm³/mol. The summed E-state index contributed by atoms with van der Waals surface area (Å²) in [6.07, 6.45) is 0. The number of nitriles is 1. The lowest BCUT2D eigenvalue weighted by atomic mass is 10.5. The highest BCUT2D eigenvalue weighted by Gasteiger charge is 2.15. The fourth-order valence-corrected chi connectivity index (χ4v) is 1.82. The highest BCUT2D eigenvalue weighted by Crippen LogP contribution is 2.17. The summed E-state index contributed by atoms with van der Waals surface area (Å²) in [5.74, 6) is 0.256. The smallest absolute Gasteiger partial charge is 0.245 e. The summed E-state index contributed by atoms with van der Waals surface area (Å²) in [6.45, 7) is 3.11. The summed E-state index contributed by atoms with van der Waals surface area (Å²) in [5.41, 5.74) is 0. The van der Waals surface area contributed by atoms with E-state index in [4.69, 9.17) is 10.00 Å². The van der Waals surface area contributed by atoms with Crippen molar-refractivity contribution in [3.8, 4) is 6.07 Å². The first-order chi connectivity index (χ1) is 6.40. The highest BCUT2D eigenvalue weighted by atomic mass is 32.1. The Kier molecular flexibility index (Phi) is 2.38. The Labute approximate surface area is 79.7 Å². The van der Waals surface area contributed by atoms with E-state index in [2.05, 4.69) is 14.3 Å². The molecule has 0 amide bonds. The normalized spacial score (nSPS) is 17.0. The average Bonchev–Trinajstić information content (AvgIpc) is 2.67. The lowest BCUT2D eigenvalue weighted by Crippen LogP contribution is -2.36. The number of hydrogen-bond acceptors (Lipinski definition) is 6. The molecule has 13 heavy (non-hydrogen) atoms. The first-order valence-electron chi connectivity index (χ1n) is 3.96. The van der Waals surface area contributed by atoms with E-state index in [1.165, 1.54) is 11.5 Å². The summed E-state index contributed by atoms with van der Waals surface area (Å²) < 4.78 is 9.10. The van der Waals surface area contributed by atoms with Gasteiger partial charge in [0.25, 0.3) is 0 Å². The molecule has 1 aliphatic rings. The third-order valence-corrected chi connectivity index (χ3v) is 2.57. The number of rotatable bonds is 1. The van der Waals surface area contributed by atoms with Crippen LogP contribution in [0.25, 0.3) is 0 Å². The maximum atomic E-state index is 8.54. The molecular formula is C7H8N4OS. The molecule has 0 spiro atoms. The second-order valence-corrected chi connectivity index (χ2v) is 3.34. The Hall–Kier alpha value is -1.19. The molecule has 5 nitrogen and oxygen atoms in total. The zero-order valence-electron chi connectivity index (χ0n) is 6.93. The number of nitrogens with zero attached hydrogens (tertiary/aromatic N) is 4. The number of anilines is 1. The molecule has 68 valence electrons. The maximum absolute atomic E-state index is 8.54. The van der Waals surface area contributed by atoms with E-state index in [1.54, 1.807) is 0 Å². The van der Waals surface area contributed by atoms with Gasteiger partial charge in [0.05, 0.1) is 13.2 Å². The van der Waals surface area contributed by atoms with Gasteiger partial charge in [-0.1, -0.05) is 0 Å².